The molecule has 0 atom stereocenters. The minimum absolute atomic E-state index is 0.0601. The maximum Gasteiger partial charge on any atom is 0.247 e. The molecule has 1 heterocycles. The molecule has 1 aromatic heterocycles. The molecule has 140 valence electrons. The van der Waals surface area contributed by atoms with E-state index in [1.165, 1.54) is 0 Å². The number of hydrogen-bond donors (Lipinski definition) is 1. The van der Waals surface area contributed by atoms with Gasteiger partial charge >= 0.3 is 0 Å². The highest BCUT2D eigenvalue weighted by Gasteiger charge is 2.09. The van der Waals surface area contributed by atoms with Crippen LogP contribution in [-0.4, -0.2) is 36.9 Å². The number of benzene rings is 2. The van der Waals surface area contributed by atoms with Gasteiger partial charge in [0.1, 0.15) is 11.5 Å². The first-order valence-corrected chi connectivity index (χ1v) is 8.54. The number of aromatic nitrogens is 2. The molecule has 0 fully saturated rings. The van der Waals surface area contributed by atoms with Crippen molar-refractivity contribution in [1.29, 1.82) is 0 Å². The zero-order valence-corrected chi connectivity index (χ0v) is 15.3. The molecule has 0 aliphatic rings. The lowest BCUT2D eigenvalue weighted by Crippen LogP contribution is -2.27. The fourth-order valence-corrected chi connectivity index (χ4v) is 2.51. The minimum atomic E-state index is -0.0601. The van der Waals surface area contributed by atoms with Gasteiger partial charge < -0.3 is 19.2 Å². The topological polar surface area (TPSA) is 86.5 Å². The van der Waals surface area contributed by atoms with E-state index in [1.807, 2.05) is 48.5 Å². The van der Waals surface area contributed by atoms with Crippen molar-refractivity contribution in [3.8, 4) is 23.0 Å². The molecule has 1 N–H and O–H groups in total. The van der Waals surface area contributed by atoms with Gasteiger partial charge in [-0.2, -0.15) is 0 Å². The smallest absolute Gasteiger partial charge is 0.247 e. The second-order valence-corrected chi connectivity index (χ2v) is 5.85. The van der Waals surface area contributed by atoms with Crippen LogP contribution in [0.25, 0.3) is 11.5 Å². The number of rotatable bonds is 8. The standard InChI is InChI=1S/C20H21N3O4/c1-25-16-7-3-14(4-8-16)13-18(24)21-12-11-19-22-23-20(27-19)15-5-9-17(26-2)10-6-15/h3-10H,11-13H2,1-2H3,(H,21,24). The van der Waals surface area contributed by atoms with Crippen molar-refractivity contribution in [3.63, 3.8) is 0 Å². The Morgan fingerprint density at radius 2 is 1.59 bits per heavy atom. The van der Waals surface area contributed by atoms with E-state index in [1.54, 1.807) is 14.2 Å². The summed E-state index contributed by atoms with van der Waals surface area (Å²) < 4.78 is 15.9. The monoisotopic (exact) mass is 367 g/mol. The number of hydrogen-bond acceptors (Lipinski definition) is 6. The van der Waals surface area contributed by atoms with Crippen LogP contribution in [0.2, 0.25) is 0 Å². The third-order valence-electron chi connectivity index (χ3n) is 3.99. The van der Waals surface area contributed by atoms with E-state index in [0.29, 0.717) is 31.2 Å². The van der Waals surface area contributed by atoms with Gasteiger partial charge in [-0.15, -0.1) is 10.2 Å². The van der Waals surface area contributed by atoms with Gasteiger partial charge in [-0.05, 0) is 42.0 Å². The highest BCUT2D eigenvalue weighted by atomic mass is 16.5. The van der Waals surface area contributed by atoms with Crippen LogP contribution in [0.1, 0.15) is 11.5 Å². The van der Waals surface area contributed by atoms with E-state index in [9.17, 15) is 4.79 Å². The summed E-state index contributed by atoms with van der Waals surface area (Å²) in [5.41, 5.74) is 1.74. The maximum absolute atomic E-state index is 12.0. The Kier molecular flexibility index (Phi) is 6.04. The van der Waals surface area contributed by atoms with E-state index >= 15 is 0 Å². The lowest BCUT2D eigenvalue weighted by Gasteiger charge is -2.05. The van der Waals surface area contributed by atoms with Crippen molar-refractivity contribution in [2.45, 2.75) is 12.8 Å². The Balaban J connectivity index is 1.47. The van der Waals surface area contributed by atoms with Crippen LogP contribution in [0.4, 0.5) is 0 Å². The number of nitrogens with zero attached hydrogens (tertiary/aromatic N) is 2. The second-order valence-electron chi connectivity index (χ2n) is 5.85. The molecule has 7 nitrogen and oxygen atoms in total. The normalized spacial score (nSPS) is 10.4. The van der Waals surface area contributed by atoms with Crippen molar-refractivity contribution in [2.75, 3.05) is 20.8 Å². The average Bonchev–Trinajstić information content (AvgIpc) is 3.17. The van der Waals surface area contributed by atoms with E-state index in [2.05, 4.69) is 15.5 Å². The first kappa shape index (κ1) is 18.4. The maximum atomic E-state index is 12.0. The lowest BCUT2D eigenvalue weighted by molar-refractivity contribution is -0.120. The van der Waals surface area contributed by atoms with Crippen LogP contribution in [0.5, 0.6) is 11.5 Å². The molecule has 3 aromatic rings. The van der Waals surface area contributed by atoms with E-state index in [0.717, 1.165) is 22.6 Å². The first-order valence-electron chi connectivity index (χ1n) is 8.54. The fourth-order valence-electron chi connectivity index (χ4n) is 2.51. The summed E-state index contributed by atoms with van der Waals surface area (Å²) in [6, 6.07) is 14.8. The zero-order chi connectivity index (χ0) is 19.1. The van der Waals surface area contributed by atoms with Crippen LogP contribution in [0, 0.1) is 0 Å². The van der Waals surface area contributed by atoms with Crippen molar-refractivity contribution in [3.05, 3.63) is 60.0 Å². The molecule has 27 heavy (non-hydrogen) atoms. The SMILES string of the molecule is COc1ccc(CC(=O)NCCc2nnc(-c3ccc(OC)cc3)o2)cc1. The molecule has 0 bridgehead atoms. The van der Waals surface area contributed by atoms with Gasteiger partial charge in [-0.3, -0.25) is 4.79 Å². The molecule has 1 amide bonds. The van der Waals surface area contributed by atoms with Gasteiger partial charge in [0, 0.05) is 18.5 Å². The first-order chi connectivity index (χ1) is 13.2. The Hall–Kier alpha value is -3.35. The minimum Gasteiger partial charge on any atom is -0.497 e. The van der Waals surface area contributed by atoms with E-state index in [4.69, 9.17) is 13.9 Å². The van der Waals surface area contributed by atoms with E-state index in [-0.39, 0.29) is 5.91 Å². The Bertz CT molecular complexity index is 873. The predicted octanol–water partition coefficient (Wildman–Crippen LogP) is 2.66. The molecule has 0 unspecified atom stereocenters. The van der Waals surface area contributed by atoms with Gasteiger partial charge in [-0.1, -0.05) is 12.1 Å². The lowest BCUT2D eigenvalue weighted by atomic mass is 10.1. The summed E-state index contributed by atoms with van der Waals surface area (Å²) in [7, 11) is 3.22. The number of ether oxygens (including phenoxy) is 2. The average molecular weight is 367 g/mol. The molecule has 0 spiro atoms. The Labute approximate surface area is 157 Å². The quantitative estimate of drug-likeness (QED) is 0.659. The summed E-state index contributed by atoms with van der Waals surface area (Å²) in [6.07, 6.45) is 0.780. The summed E-state index contributed by atoms with van der Waals surface area (Å²) in [5, 5.41) is 10.9. The zero-order valence-electron chi connectivity index (χ0n) is 15.3. The summed E-state index contributed by atoms with van der Waals surface area (Å²) in [6.45, 7) is 0.430. The van der Waals surface area contributed by atoms with Crippen molar-refractivity contribution < 1.29 is 18.7 Å². The van der Waals surface area contributed by atoms with Gasteiger partial charge in [0.05, 0.1) is 20.6 Å². The third kappa shape index (κ3) is 5.07. The summed E-state index contributed by atoms with van der Waals surface area (Å²) >= 11 is 0. The number of amides is 1. The highest BCUT2D eigenvalue weighted by Crippen LogP contribution is 2.21. The van der Waals surface area contributed by atoms with Crippen molar-refractivity contribution in [1.82, 2.24) is 15.5 Å². The van der Waals surface area contributed by atoms with Gasteiger partial charge in [0.2, 0.25) is 17.7 Å². The molecule has 0 saturated carbocycles. The number of methoxy groups -OCH3 is 2. The number of nitrogens with one attached hydrogen (secondary N) is 1. The predicted molar refractivity (Wildman–Crippen MR) is 99.7 cm³/mol. The fraction of sp³-hybridized carbons (Fsp3) is 0.250. The van der Waals surface area contributed by atoms with Crippen molar-refractivity contribution >= 4 is 5.91 Å². The van der Waals surface area contributed by atoms with Crippen LogP contribution < -0.4 is 14.8 Å². The second kappa shape index (κ2) is 8.84. The largest absolute Gasteiger partial charge is 0.497 e. The third-order valence-corrected chi connectivity index (χ3v) is 3.99. The highest BCUT2D eigenvalue weighted by molar-refractivity contribution is 5.78. The van der Waals surface area contributed by atoms with Crippen molar-refractivity contribution in [2.24, 2.45) is 0 Å². The van der Waals surface area contributed by atoms with Crippen LogP contribution in [-0.2, 0) is 17.6 Å². The molecule has 3 rings (SSSR count). The molecule has 0 aliphatic carbocycles. The van der Waals surface area contributed by atoms with Gasteiger partial charge in [-0.25, -0.2) is 0 Å². The molecule has 0 radical (unpaired) electrons. The Morgan fingerprint density at radius 3 is 2.22 bits per heavy atom. The Morgan fingerprint density at radius 1 is 0.963 bits per heavy atom. The molecular weight excluding hydrogens is 346 g/mol. The molecular formula is C20H21N3O4. The summed E-state index contributed by atoms with van der Waals surface area (Å²) in [5.74, 6) is 2.39. The molecule has 0 aliphatic heterocycles. The van der Waals surface area contributed by atoms with Crippen LogP contribution >= 0.6 is 0 Å². The van der Waals surface area contributed by atoms with Crippen LogP contribution in [0.3, 0.4) is 0 Å². The molecule has 2 aromatic carbocycles. The molecule has 0 saturated heterocycles. The number of carbonyl (C=O) groups is 1. The van der Waals surface area contributed by atoms with E-state index < -0.39 is 0 Å². The van der Waals surface area contributed by atoms with Gasteiger partial charge in [0.25, 0.3) is 0 Å². The summed E-state index contributed by atoms with van der Waals surface area (Å²) in [4.78, 5) is 12.0. The van der Waals surface area contributed by atoms with Gasteiger partial charge in [0.15, 0.2) is 0 Å². The van der Waals surface area contributed by atoms with Crippen LogP contribution in [0.15, 0.2) is 52.9 Å². The molecule has 7 heteroatoms. The number of carbonyl (C=O) groups excluding carboxylic acids is 1.